The number of amides is 3. The van der Waals surface area contributed by atoms with Gasteiger partial charge in [-0.1, -0.05) is 79.2 Å². The van der Waals surface area contributed by atoms with Crippen molar-refractivity contribution in [3.63, 3.8) is 0 Å². The zero-order valence-electron chi connectivity index (χ0n) is 24.2. The molecular formula is C32H45Cl2N5O3. The summed E-state index contributed by atoms with van der Waals surface area (Å²) in [6.45, 7) is 1.94. The highest BCUT2D eigenvalue weighted by Crippen LogP contribution is 2.11. The van der Waals surface area contributed by atoms with E-state index in [0.29, 0.717) is 45.4 Å². The molecule has 6 N–H and O–H groups in total. The van der Waals surface area contributed by atoms with Crippen molar-refractivity contribution in [2.45, 2.75) is 50.7 Å². The highest BCUT2D eigenvalue weighted by molar-refractivity contribution is 5.85. The van der Waals surface area contributed by atoms with Crippen LogP contribution in [0.2, 0.25) is 0 Å². The van der Waals surface area contributed by atoms with Crippen molar-refractivity contribution < 1.29 is 14.3 Å². The summed E-state index contributed by atoms with van der Waals surface area (Å²) >= 11 is 0. The van der Waals surface area contributed by atoms with E-state index in [1.807, 2.05) is 72.8 Å². The van der Waals surface area contributed by atoms with Gasteiger partial charge in [0.2, 0.25) is 5.91 Å². The number of urea groups is 1. The maximum atomic E-state index is 13.2. The fraction of sp³-hybridized carbons (Fsp3) is 0.375. The topological polar surface area (TPSA) is 118 Å². The normalized spacial score (nSPS) is 11.7. The standard InChI is InChI=1S/C32H43N5O3.2ClH/c1-40-29-17-15-25(16-18-29)19-21-34-32(39)36-24-28(22-26-10-4-2-5-11-26)37-30(14-8-9-20-33)31(38)35-23-27-12-6-3-7-13-27;;/h2-7,10-13,15-18,28,30,37H,8-9,14,19-24,33H2,1H3,(H,35,38)(H2,34,36,39);2*1H/t28-,30+;;/m1../s1. The third kappa shape index (κ3) is 14.0. The zero-order valence-corrected chi connectivity index (χ0v) is 25.9. The lowest BCUT2D eigenvalue weighted by Crippen LogP contribution is -2.53. The summed E-state index contributed by atoms with van der Waals surface area (Å²) in [5, 5.41) is 12.5. The van der Waals surface area contributed by atoms with E-state index >= 15 is 0 Å². The second-order valence-corrected chi connectivity index (χ2v) is 9.83. The van der Waals surface area contributed by atoms with E-state index < -0.39 is 6.04 Å². The Bertz CT molecular complexity index is 1140. The summed E-state index contributed by atoms with van der Waals surface area (Å²) in [6.07, 6.45) is 3.74. The lowest BCUT2D eigenvalue weighted by atomic mass is 10.0. The number of carbonyl (C=O) groups is 2. The summed E-state index contributed by atoms with van der Waals surface area (Å²) < 4.78 is 5.20. The number of nitrogens with one attached hydrogen (secondary N) is 4. The van der Waals surface area contributed by atoms with Crippen molar-refractivity contribution in [2.24, 2.45) is 5.73 Å². The summed E-state index contributed by atoms with van der Waals surface area (Å²) in [7, 11) is 1.64. The zero-order chi connectivity index (χ0) is 28.4. The van der Waals surface area contributed by atoms with Crippen molar-refractivity contribution in [1.29, 1.82) is 0 Å². The van der Waals surface area contributed by atoms with Gasteiger partial charge >= 0.3 is 6.03 Å². The molecule has 2 atom stereocenters. The van der Waals surface area contributed by atoms with Crippen LogP contribution in [0.25, 0.3) is 0 Å². The lowest BCUT2D eigenvalue weighted by molar-refractivity contribution is -0.123. The lowest BCUT2D eigenvalue weighted by Gasteiger charge is -2.26. The largest absolute Gasteiger partial charge is 0.497 e. The fourth-order valence-electron chi connectivity index (χ4n) is 4.46. The molecule has 3 rings (SSSR count). The minimum absolute atomic E-state index is 0. The average Bonchev–Trinajstić information content (AvgIpc) is 2.99. The quantitative estimate of drug-likeness (QED) is 0.144. The van der Waals surface area contributed by atoms with Crippen LogP contribution in [0.15, 0.2) is 84.9 Å². The Morgan fingerprint density at radius 2 is 1.43 bits per heavy atom. The van der Waals surface area contributed by atoms with E-state index in [9.17, 15) is 9.59 Å². The van der Waals surface area contributed by atoms with Crippen molar-refractivity contribution in [3.05, 3.63) is 102 Å². The first-order valence-corrected chi connectivity index (χ1v) is 14.0. The van der Waals surface area contributed by atoms with Crippen LogP contribution < -0.4 is 31.7 Å². The predicted molar refractivity (Wildman–Crippen MR) is 175 cm³/mol. The molecule has 42 heavy (non-hydrogen) atoms. The second-order valence-electron chi connectivity index (χ2n) is 9.83. The van der Waals surface area contributed by atoms with E-state index in [2.05, 4.69) is 33.4 Å². The Morgan fingerprint density at radius 1 is 0.786 bits per heavy atom. The van der Waals surface area contributed by atoms with E-state index in [4.69, 9.17) is 10.5 Å². The number of benzene rings is 3. The number of unbranched alkanes of at least 4 members (excludes halogenated alkanes) is 1. The van der Waals surface area contributed by atoms with Gasteiger partial charge in [0.25, 0.3) is 0 Å². The van der Waals surface area contributed by atoms with Gasteiger partial charge in [0, 0.05) is 25.7 Å². The fourth-order valence-corrected chi connectivity index (χ4v) is 4.46. The predicted octanol–water partition coefficient (Wildman–Crippen LogP) is 4.40. The van der Waals surface area contributed by atoms with Crippen LogP contribution in [-0.2, 0) is 24.2 Å². The van der Waals surface area contributed by atoms with E-state index in [-0.39, 0.29) is 42.8 Å². The van der Waals surface area contributed by atoms with Crippen LogP contribution in [-0.4, -0.2) is 50.8 Å². The number of hydrogen-bond acceptors (Lipinski definition) is 5. The van der Waals surface area contributed by atoms with Crippen LogP contribution >= 0.6 is 24.8 Å². The molecule has 8 nitrogen and oxygen atoms in total. The minimum Gasteiger partial charge on any atom is -0.497 e. The number of carbonyl (C=O) groups excluding carboxylic acids is 2. The number of rotatable bonds is 17. The molecule has 0 heterocycles. The Balaban J connectivity index is 0.00000441. The van der Waals surface area contributed by atoms with E-state index in [0.717, 1.165) is 35.3 Å². The van der Waals surface area contributed by atoms with E-state index in [1.54, 1.807) is 7.11 Å². The van der Waals surface area contributed by atoms with Crippen molar-refractivity contribution >= 4 is 36.8 Å². The van der Waals surface area contributed by atoms with Gasteiger partial charge in [-0.15, -0.1) is 24.8 Å². The third-order valence-electron chi connectivity index (χ3n) is 6.70. The molecule has 0 spiro atoms. The summed E-state index contributed by atoms with van der Waals surface area (Å²) in [5.74, 6) is 0.754. The van der Waals surface area contributed by atoms with Gasteiger partial charge in [-0.25, -0.2) is 4.79 Å². The van der Waals surface area contributed by atoms with Gasteiger partial charge < -0.3 is 31.7 Å². The third-order valence-corrected chi connectivity index (χ3v) is 6.70. The molecule has 0 saturated carbocycles. The first kappa shape index (κ1) is 36.7. The number of ether oxygens (including phenoxy) is 1. The number of methoxy groups -OCH3 is 1. The molecule has 230 valence electrons. The Hall–Kier alpha value is -3.30. The molecule has 3 aromatic rings. The molecule has 0 aliphatic carbocycles. The maximum Gasteiger partial charge on any atom is 0.314 e. The van der Waals surface area contributed by atoms with Gasteiger partial charge in [-0.3, -0.25) is 4.79 Å². The van der Waals surface area contributed by atoms with Crippen LogP contribution in [0, 0.1) is 0 Å². The highest BCUT2D eigenvalue weighted by atomic mass is 35.5. The van der Waals surface area contributed by atoms with Gasteiger partial charge in [0.15, 0.2) is 0 Å². The van der Waals surface area contributed by atoms with Crippen LogP contribution in [0.1, 0.15) is 36.0 Å². The molecule has 3 aromatic carbocycles. The van der Waals surface area contributed by atoms with Crippen molar-refractivity contribution in [3.8, 4) is 5.75 Å². The Kier molecular flexibility index (Phi) is 18.7. The van der Waals surface area contributed by atoms with Gasteiger partial charge in [-0.2, -0.15) is 0 Å². The molecule has 0 radical (unpaired) electrons. The minimum atomic E-state index is -0.399. The summed E-state index contributed by atoms with van der Waals surface area (Å²) in [5.41, 5.74) is 9.01. The first-order valence-electron chi connectivity index (χ1n) is 14.0. The van der Waals surface area contributed by atoms with E-state index in [1.165, 1.54) is 0 Å². The maximum absolute atomic E-state index is 13.2. The van der Waals surface area contributed by atoms with Crippen LogP contribution in [0.3, 0.4) is 0 Å². The molecule has 0 saturated heterocycles. The molecule has 3 amide bonds. The SMILES string of the molecule is COc1ccc(CCNC(=O)NC[C@@H](Cc2ccccc2)N[C@@H](CCCCN)C(=O)NCc2ccccc2)cc1.Cl.Cl. The van der Waals surface area contributed by atoms with Crippen LogP contribution in [0.5, 0.6) is 5.75 Å². The average molecular weight is 619 g/mol. The molecule has 0 unspecified atom stereocenters. The van der Waals surface area contributed by atoms with Gasteiger partial charge in [-0.05, 0) is 61.1 Å². The first-order chi connectivity index (χ1) is 19.6. The van der Waals surface area contributed by atoms with Gasteiger partial charge in [0.05, 0.1) is 13.2 Å². The summed E-state index contributed by atoms with van der Waals surface area (Å²) in [4.78, 5) is 25.9. The summed E-state index contributed by atoms with van der Waals surface area (Å²) in [6, 6.07) is 27.0. The Labute approximate surface area is 262 Å². The Morgan fingerprint density at radius 3 is 2.05 bits per heavy atom. The molecule has 0 aliphatic heterocycles. The number of hydrogen-bond donors (Lipinski definition) is 5. The van der Waals surface area contributed by atoms with Crippen molar-refractivity contribution in [2.75, 3.05) is 26.7 Å². The molecule has 0 bridgehead atoms. The smallest absolute Gasteiger partial charge is 0.314 e. The highest BCUT2D eigenvalue weighted by Gasteiger charge is 2.22. The van der Waals surface area contributed by atoms with Crippen molar-refractivity contribution in [1.82, 2.24) is 21.3 Å². The molecule has 0 aliphatic rings. The molecular weight excluding hydrogens is 573 g/mol. The molecule has 0 fully saturated rings. The number of halogens is 2. The van der Waals surface area contributed by atoms with Gasteiger partial charge in [0.1, 0.15) is 5.75 Å². The molecule has 10 heteroatoms. The monoisotopic (exact) mass is 617 g/mol. The second kappa shape index (κ2) is 21.4. The molecule has 0 aromatic heterocycles. The number of nitrogens with two attached hydrogens (primary N) is 1. The van der Waals surface area contributed by atoms with Crippen LogP contribution in [0.4, 0.5) is 4.79 Å².